The molecule has 0 fully saturated rings. The predicted molar refractivity (Wildman–Crippen MR) is 239 cm³/mol. The van der Waals surface area contributed by atoms with Crippen molar-refractivity contribution >= 4 is 60.8 Å². The van der Waals surface area contributed by atoms with E-state index in [9.17, 15) is 0 Å². The molecule has 0 amide bonds. The number of aromatic nitrogens is 1. The summed E-state index contributed by atoms with van der Waals surface area (Å²) in [6, 6.07) is 77.9. The Balaban J connectivity index is 1.04. The zero-order valence-electron chi connectivity index (χ0n) is 31.1. The van der Waals surface area contributed by atoms with Gasteiger partial charge in [-0.25, -0.2) is 0 Å². The van der Waals surface area contributed by atoms with E-state index in [1.165, 1.54) is 32.9 Å². The average molecular weight is 729 g/mol. The fourth-order valence-corrected chi connectivity index (χ4v) is 8.52. The molecule has 0 unspecified atom stereocenters. The van der Waals surface area contributed by atoms with Crippen LogP contribution in [0.4, 0.5) is 17.1 Å². The van der Waals surface area contributed by atoms with Gasteiger partial charge in [0.25, 0.3) is 0 Å². The lowest BCUT2D eigenvalue weighted by Crippen LogP contribution is -2.10. The summed E-state index contributed by atoms with van der Waals surface area (Å²) in [4.78, 5) is 2.32. The van der Waals surface area contributed by atoms with Gasteiger partial charge in [0.05, 0.1) is 16.7 Å². The van der Waals surface area contributed by atoms with Gasteiger partial charge >= 0.3 is 0 Å². The zero-order valence-corrected chi connectivity index (χ0v) is 31.1. The third kappa shape index (κ3) is 5.60. The maximum absolute atomic E-state index is 6.94. The van der Waals surface area contributed by atoms with Gasteiger partial charge in [0, 0.05) is 44.2 Å². The molecule has 11 rings (SSSR count). The van der Waals surface area contributed by atoms with Crippen molar-refractivity contribution in [1.29, 1.82) is 0 Å². The van der Waals surface area contributed by atoms with Gasteiger partial charge in [0.2, 0.25) is 0 Å². The fraction of sp³-hybridized carbons (Fsp3) is 0. The highest BCUT2D eigenvalue weighted by molar-refractivity contribution is 6.13. The number of anilines is 3. The first-order valence-electron chi connectivity index (χ1n) is 19.4. The molecule has 0 spiro atoms. The fourth-order valence-electron chi connectivity index (χ4n) is 8.52. The number of fused-ring (bicyclic) bond motifs is 6. The molecule has 9 aromatic carbocycles. The first-order chi connectivity index (χ1) is 28.3. The molecule has 0 aliphatic rings. The summed E-state index contributed by atoms with van der Waals surface area (Å²) in [7, 11) is 0. The van der Waals surface area contributed by atoms with Crippen LogP contribution in [0.25, 0.3) is 82.8 Å². The molecule has 2 aromatic heterocycles. The van der Waals surface area contributed by atoms with Crippen molar-refractivity contribution in [2.45, 2.75) is 0 Å². The second kappa shape index (κ2) is 13.6. The minimum atomic E-state index is 0.853. The summed E-state index contributed by atoms with van der Waals surface area (Å²) < 4.78 is 9.32. The van der Waals surface area contributed by atoms with Gasteiger partial charge in [-0.15, -0.1) is 0 Å². The second-order valence-electron chi connectivity index (χ2n) is 14.5. The topological polar surface area (TPSA) is 21.3 Å². The number of hydrogen-bond donors (Lipinski definition) is 0. The Hall–Kier alpha value is -7.62. The average Bonchev–Trinajstić information content (AvgIpc) is 3.84. The summed E-state index contributed by atoms with van der Waals surface area (Å²) in [6.07, 6.45) is 0. The predicted octanol–water partition coefficient (Wildman–Crippen LogP) is 15.2. The van der Waals surface area contributed by atoms with E-state index in [1.807, 2.05) is 0 Å². The summed E-state index contributed by atoms with van der Waals surface area (Å²) in [5, 5.41) is 4.71. The van der Waals surface area contributed by atoms with E-state index < -0.39 is 0 Å². The van der Waals surface area contributed by atoms with Crippen LogP contribution in [0.2, 0.25) is 0 Å². The van der Waals surface area contributed by atoms with Gasteiger partial charge in [-0.2, -0.15) is 0 Å². The molecule has 0 saturated heterocycles. The standard InChI is InChI=1S/C54H36N2O/c1-3-14-37(15-4-1)38-28-32-42(33-29-38)55(52-27-13-24-49-48-23-12-22-45(53(48)57-54(49)52)40-16-5-2-6-17-40)43-34-30-39(31-35-43)41-18-11-19-44(36-41)56-50-25-9-7-20-46(50)47-21-8-10-26-51(47)56/h1-36H. The van der Waals surface area contributed by atoms with Crippen molar-refractivity contribution in [2.75, 3.05) is 4.90 Å². The van der Waals surface area contributed by atoms with Crippen molar-refractivity contribution in [2.24, 2.45) is 0 Å². The van der Waals surface area contributed by atoms with Crippen LogP contribution in [-0.2, 0) is 0 Å². The van der Waals surface area contributed by atoms with Gasteiger partial charge in [0.1, 0.15) is 5.58 Å². The lowest BCUT2D eigenvalue weighted by atomic mass is 10.0. The minimum absolute atomic E-state index is 0.853. The third-order valence-corrected chi connectivity index (χ3v) is 11.2. The van der Waals surface area contributed by atoms with Gasteiger partial charge in [0.15, 0.2) is 5.58 Å². The first kappa shape index (κ1) is 32.8. The van der Waals surface area contributed by atoms with Crippen LogP contribution in [0.3, 0.4) is 0 Å². The van der Waals surface area contributed by atoms with E-state index in [1.54, 1.807) is 0 Å². The van der Waals surface area contributed by atoms with Crippen LogP contribution < -0.4 is 4.90 Å². The highest BCUT2D eigenvalue weighted by atomic mass is 16.3. The maximum Gasteiger partial charge on any atom is 0.159 e. The summed E-state index contributed by atoms with van der Waals surface area (Å²) in [5.41, 5.74) is 15.3. The Kier molecular flexibility index (Phi) is 7.82. The molecule has 0 radical (unpaired) electrons. The largest absolute Gasteiger partial charge is 0.453 e. The van der Waals surface area contributed by atoms with E-state index in [4.69, 9.17) is 4.42 Å². The Labute approximate surface area is 330 Å². The molecule has 3 heteroatoms. The molecule has 0 aliphatic carbocycles. The summed E-state index contributed by atoms with van der Waals surface area (Å²) >= 11 is 0. The number of furan rings is 1. The minimum Gasteiger partial charge on any atom is -0.453 e. The Morgan fingerprint density at radius 3 is 1.46 bits per heavy atom. The molecule has 57 heavy (non-hydrogen) atoms. The molecule has 0 aliphatic heterocycles. The van der Waals surface area contributed by atoms with Gasteiger partial charge < -0.3 is 13.9 Å². The monoisotopic (exact) mass is 728 g/mol. The molecule has 0 bridgehead atoms. The van der Waals surface area contributed by atoms with Crippen LogP contribution in [0.5, 0.6) is 0 Å². The second-order valence-corrected chi connectivity index (χ2v) is 14.5. The normalized spacial score (nSPS) is 11.5. The Morgan fingerprint density at radius 2 is 0.807 bits per heavy atom. The molecular formula is C54H36N2O. The quantitative estimate of drug-likeness (QED) is 0.163. The Bertz CT molecular complexity index is 3160. The third-order valence-electron chi connectivity index (χ3n) is 11.2. The number of rotatable bonds is 7. The van der Waals surface area contributed by atoms with Crippen LogP contribution in [0.1, 0.15) is 0 Å². The van der Waals surface area contributed by atoms with Crippen molar-refractivity contribution in [3.63, 3.8) is 0 Å². The van der Waals surface area contributed by atoms with Crippen LogP contribution in [0, 0.1) is 0 Å². The Morgan fingerprint density at radius 1 is 0.333 bits per heavy atom. The van der Waals surface area contributed by atoms with Crippen molar-refractivity contribution < 1.29 is 4.42 Å². The molecule has 268 valence electrons. The van der Waals surface area contributed by atoms with Gasteiger partial charge in [-0.1, -0.05) is 164 Å². The molecule has 0 N–H and O–H groups in total. The van der Waals surface area contributed by atoms with Gasteiger partial charge in [-0.3, -0.25) is 0 Å². The maximum atomic E-state index is 6.94. The SMILES string of the molecule is c1ccc(-c2ccc(N(c3ccc(-c4cccc(-n5c6ccccc6c6ccccc65)c4)cc3)c3cccc4c3oc3c(-c5ccccc5)cccc34)cc2)cc1. The first-order valence-corrected chi connectivity index (χ1v) is 19.4. The summed E-state index contributed by atoms with van der Waals surface area (Å²) in [5.74, 6) is 0. The van der Waals surface area contributed by atoms with E-state index in [0.717, 1.165) is 66.9 Å². The van der Waals surface area contributed by atoms with E-state index in [-0.39, 0.29) is 0 Å². The molecule has 3 nitrogen and oxygen atoms in total. The van der Waals surface area contributed by atoms with E-state index in [2.05, 4.69) is 228 Å². The molecule has 11 aromatic rings. The lowest BCUT2D eigenvalue weighted by Gasteiger charge is -2.26. The smallest absolute Gasteiger partial charge is 0.159 e. The molecule has 0 atom stereocenters. The van der Waals surface area contributed by atoms with Crippen LogP contribution in [0.15, 0.2) is 223 Å². The van der Waals surface area contributed by atoms with E-state index in [0.29, 0.717) is 0 Å². The highest BCUT2D eigenvalue weighted by Crippen LogP contribution is 2.45. The van der Waals surface area contributed by atoms with E-state index >= 15 is 0 Å². The molecular weight excluding hydrogens is 693 g/mol. The number of para-hydroxylation sites is 4. The van der Waals surface area contributed by atoms with Crippen molar-refractivity contribution in [1.82, 2.24) is 4.57 Å². The van der Waals surface area contributed by atoms with Crippen LogP contribution in [-0.4, -0.2) is 4.57 Å². The summed E-state index contributed by atoms with van der Waals surface area (Å²) in [6.45, 7) is 0. The molecule has 2 heterocycles. The highest BCUT2D eigenvalue weighted by Gasteiger charge is 2.21. The number of benzene rings is 9. The lowest BCUT2D eigenvalue weighted by molar-refractivity contribution is 0.670. The van der Waals surface area contributed by atoms with Gasteiger partial charge in [-0.05, 0) is 82.4 Å². The zero-order chi connectivity index (χ0) is 37.7. The van der Waals surface area contributed by atoms with Crippen LogP contribution >= 0.6 is 0 Å². The number of hydrogen-bond acceptors (Lipinski definition) is 2. The van der Waals surface area contributed by atoms with Crippen molar-refractivity contribution in [3.8, 4) is 39.1 Å². The van der Waals surface area contributed by atoms with Crippen molar-refractivity contribution in [3.05, 3.63) is 218 Å². The number of nitrogens with zero attached hydrogens (tertiary/aromatic N) is 2. The molecule has 0 saturated carbocycles.